The summed E-state index contributed by atoms with van der Waals surface area (Å²) in [5.41, 5.74) is 1.51. The second-order valence-corrected chi connectivity index (χ2v) is 11.4. The van der Waals surface area contributed by atoms with Gasteiger partial charge in [-0.1, -0.05) is 35.0 Å². The highest BCUT2D eigenvalue weighted by molar-refractivity contribution is 7.99. The first-order chi connectivity index (χ1) is 17.2. The van der Waals surface area contributed by atoms with Crippen molar-refractivity contribution in [1.29, 1.82) is 0 Å². The van der Waals surface area contributed by atoms with Crippen molar-refractivity contribution in [2.75, 3.05) is 11.1 Å². The zero-order valence-electron chi connectivity index (χ0n) is 20.1. The molecule has 1 aliphatic carbocycles. The summed E-state index contributed by atoms with van der Waals surface area (Å²) in [7, 11) is 1.80. The number of hydrogen-bond donors (Lipinski definition) is 1. The van der Waals surface area contributed by atoms with Gasteiger partial charge in [-0.2, -0.15) is 0 Å². The molecule has 0 aliphatic heterocycles. The first-order valence-corrected chi connectivity index (χ1v) is 14.0. The van der Waals surface area contributed by atoms with Gasteiger partial charge in [0.15, 0.2) is 11.0 Å². The van der Waals surface area contributed by atoms with Gasteiger partial charge < -0.3 is 19.4 Å². The Hall–Kier alpha value is -2.27. The Morgan fingerprint density at radius 3 is 2.75 bits per heavy atom. The molecule has 1 amide bonds. The summed E-state index contributed by atoms with van der Waals surface area (Å²) in [5.74, 6) is 0.561. The van der Waals surface area contributed by atoms with Crippen LogP contribution in [0.5, 0.6) is 5.75 Å². The van der Waals surface area contributed by atoms with Crippen LogP contribution in [0.2, 0.25) is 10.0 Å². The van der Waals surface area contributed by atoms with E-state index in [0.717, 1.165) is 36.1 Å². The predicted molar refractivity (Wildman–Crippen MR) is 143 cm³/mol. The Kier molecular flexibility index (Phi) is 8.82. The monoisotopic (exact) mass is 568 g/mol. The summed E-state index contributed by atoms with van der Waals surface area (Å²) in [6, 6.07) is 4.99. The third-order valence-corrected chi connectivity index (χ3v) is 8.24. The summed E-state index contributed by atoms with van der Waals surface area (Å²) in [6.07, 6.45) is 3.61. The third-order valence-electron chi connectivity index (χ3n) is 5.48. The van der Waals surface area contributed by atoms with E-state index in [-0.39, 0.29) is 30.3 Å². The normalized spacial score (nSPS) is 12.9. The van der Waals surface area contributed by atoms with Crippen molar-refractivity contribution in [3.8, 4) is 5.75 Å². The van der Waals surface area contributed by atoms with Crippen molar-refractivity contribution < 1.29 is 19.1 Å². The van der Waals surface area contributed by atoms with E-state index < -0.39 is 0 Å². The molecular formula is C24H26Cl2N4O4S2. The molecule has 2 heterocycles. The summed E-state index contributed by atoms with van der Waals surface area (Å²) in [5, 5.41) is 13.3. The molecule has 0 radical (unpaired) electrons. The molecule has 0 saturated heterocycles. The van der Waals surface area contributed by atoms with E-state index in [0.29, 0.717) is 37.3 Å². The first kappa shape index (κ1) is 26.8. The Balaban J connectivity index is 1.38. The van der Waals surface area contributed by atoms with Gasteiger partial charge >= 0.3 is 5.97 Å². The number of amides is 1. The highest BCUT2D eigenvalue weighted by atomic mass is 35.5. The molecular weight excluding hydrogens is 543 g/mol. The average molecular weight is 570 g/mol. The summed E-state index contributed by atoms with van der Waals surface area (Å²) >= 11 is 14.8. The van der Waals surface area contributed by atoms with E-state index in [1.165, 1.54) is 23.1 Å². The van der Waals surface area contributed by atoms with Crippen molar-refractivity contribution in [3.63, 3.8) is 0 Å². The van der Waals surface area contributed by atoms with Gasteiger partial charge in [0.25, 0.3) is 0 Å². The first-order valence-electron chi connectivity index (χ1n) is 11.5. The van der Waals surface area contributed by atoms with Crippen LogP contribution in [-0.4, -0.2) is 38.5 Å². The molecule has 0 unspecified atom stereocenters. The van der Waals surface area contributed by atoms with E-state index in [4.69, 9.17) is 32.7 Å². The molecule has 192 valence electrons. The summed E-state index contributed by atoms with van der Waals surface area (Å²) < 4.78 is 13.0. The molecule has 4 rings (SSSR count). The van der Waals surface area contributed by atoms with Crippen LogP contribution in [0.25, 0.3) is 0 Å². The van der Waals surface area contributed by atoms with E-state index in [1.54, 1.807) is 29.8 Å². The average Bonchev–Trinajstić information content (AvgIpc) is 3.36. The highest BCUT2D eigenvalue weighted by Gasteiger charge is 2.28. The van der Waals surface area contributed by atoms with Gasteiger partial charge in [-0.25, -0.2) is 4.79 Å². The minimum absolute atomic E-state index is 0.108. The van der Waals surface area contributed by atoms with Crippen LogP contribution in [0.1, 0.15) is 53.3 Å². The predicted octanol–water partition coefficient (Wildman–Crippen LogP) is 5.94. The Labute approximate surface area is 227 Å². The largest absolute Gasteiger partial charge is 0.484 e. The van der Waals surface area contributed by atoms with E-state index in [2.05, 4.69) is 15.5 Å². The topological polar surface area (TPSA) is 95.3 Å². The number of aryl methyl sites for hydroxylation is 1. The summed E-state index contributed by atoms with van der Waals surface area (Å²) in [6.45, 7) is 3.78. The van der Waals surface area contributed by atoms with Gasteiger partial charge in [0.1, 0.15) is 17.4 Å². The van der Waals surface area contributed by atoms with Crippen LogP contribution in [0, 0.1) is 0 Å². The number of aromatic nitrogens is 3. The number of carbonyl (C=O) groups is 2. The number of carbonyl (C=O) groups excluding carboxylic acids is 2. The molecule has 0 bridgehead atoms. The highest BCUT2D eigenvalue weighted by Crippen LogP contribution is 2.39. The molecule has 3 aromatic rings. The van der Waals surface area contributed by atoms with Crippen LogP contribution in [-0.2, 0) is 36.0 Å². The Bertz CT molecular complexity index is 1280. The zero-order valence-corrected chi connectivity index (χ0v) is 23.2. The van der Waals surface area contributed by atoms with Crippen molar-refractivity contribution >= 4 is 63.2 Å². The van der Waals surface area contributed by atoms with E-state index in [1.807, 2.05) is 13.8 Å². The lowest BCUT2D eigenvalue weighted by Crippen LogP contribution is -2.19. The number of benzene rings is 1. The summed E-state index contributed by atoms with van der Waals surface area (Å²) in [4.78, 5) is 26.8. The number of thiophene rings is 1. The Morgan fingerprint density at radius 1 is 1.22 bits per heavy atom. The van der Waals surface area contributed by atoms with E-state index >= 15 is 0 Å². The molecule has 1 aromatic carbocycles. The number of nitrogens with zero attached hydrogens (tertiary/aromatic N) is 3. The molecule has 0 atom stereocenters. The molecule has 0 saturated carbocycles. The van der Waals surface area contributed by atoms with Crippen molar-refractivity contribution in [2.45, 2.75) is 57.4 Å². The maximum absolute atomic E-state index is 12.8. The molecule has 1 N–H and O–H groups in total. The van der Waals surface area contributed by atoms with Crippen LogP contribution >= 0.6 is 46.3 Å². The minimum Gasteiger partial charge on any atom is -0.484 e. The molecule has 36 heavy (non-hydrogen) atoms. The minimum atomic E-state index is -0.383. The third kappa shape index (κ3) is 6.34. The van der Waals surface area contributed by atoms with Gasteiger partial charge in [0, 0.05) is 16.9 Å². The lowest BCUT2D eigenvalue weighted by molar-refractivity contribution is -0.113. The number of ether oxygens (including phenoxy) is 2. The SMILES string of the molecule is CC(C)OC(=O)c1c(NC(=O)CSc2nnc(COc3ccc(Cl)cc3Cl)n2C)sc2c1CCCC2. The number of halogens is 2. The fourth-order valence-corrected chi connectivity index (χ4v) is 6.25. The molecule has 0 spiro atoms. The van der Waals surface area contributed by atoms with Gasteiger partial charge in [-0.05, 0) is 63.3 Å². The number of thioether (sulfide) groups is 1. The van der Waals surface area contributed by atoms with E-state index in [9.17, 15) is 9.59 Å². The number of esters is 1. The number of nitrogens with one attached hydrogen (secondary N) is 1. The zero-order chi connectivity index (χ0) is 25.8. The number of anilines is 1. The number of fused-ring (bicyclic) bond motifs is 1. The fourth-order valence-electron chi connectivity index (χ4n) is 3.77. The van der Waals surface area contributed by atoms with Crippen molar-refractivity contribution in [2.24, 2.45) is 7.05 Å². The van der Waals surface area contributed by atoms with Crippen LogP contribution in [0.15, 0.2) is 23.4 Å². The quantitative estimate of drug-likeness (QED) is 0.252. The molecule has 8 nitrogen and oxygen atoms in total. The van der Waals surface area contributed by atoms with Crippen molar-refractivity contribution in [1.82, 2.24) is 14.8 Å². The molecule has 0 fully saturated rings. The standard InChI is InChI=1S/C24H26Cl2N4O4S2/c1-13(2)34-23(32)21-15-6-4-5-7-18(15)36-22(21)27-20(31)12-35-24-29-28-19(30(24)3)11-33-17-9-8-14(25)10-16(17)26/h8-10,13H,4-7,11-12H2,1-3H3,(H,27,31). The molecule has 2 aromatic heterocycles. The molecule has 1 aliphatic rings. The number of rotatable bonds is 9. The second kappa shape index (κ2) is 11.9. The Morgan fingerprint density at radius 2 is 2.00 bits per heavy atom. The van der Waals surface area contributed by atoms with Crippen molar-refractivity contribution in [3.05, 3.63) is 50.1 Å². The fraction of sp³-hybridized carbons (Fsp3) is 0.417. The lowest BCUT2D eigenvalue weighted by atomic mass is 9.95. The maximum Gasteiger partial charge on any atom is 0.341 e. The second-order valence-electron chi connectivity index (χ2n) is 8.53. The lowest BCUT2D eigenvalue weighted by Gasteiger charge is -2.14. The smallest absolute Gasteiger partial charge is 0.341 e. The number of hydrogen-bond acceptors (Lipinski definition) is 8. The van der Waals surface area contributed by atoms with Gasteiger partial charge in [0.2, 0.25) is 5.91 Å². The van der Waals surface area contributed by atoms with Gasteiger partial charge in [-0.3, -0.25) is 4.79 Å². The van der Waals surface area contributed by atoms with Gasteiger partial charge in [0.05, 0.1) is 22.4 Å². The molecule has 12 heteroatoms. The van der Waals surface area contributed by atoms with Crippen LogP contribution in [0.3, 0.4) is 0 Å². The van der Waals surface area contributed by atoms with Crippen LogP contribution < -0.4 is 10.1 Å². The van der Waals surface area contributed by atoms with Crippen LogP contribution in [0.4, 0.5) is 5.00 Å². The van der Waals surface area contributed by atoms with Gasteiger partial charge in [-0.15, -0.1) is 21.5 Å². The maximum atomic E-state index is 12.8.